The van der Waals surface area contributed by atoms with Gasteiger partial charge in [-0.25, -0.2) is 4.79 Å². The van der Waals surface area contributed by atoms with E-state index in [1.165, 1.54) is 22.2 Å². The molecule has 1 heterocycles. The lowest BCUT2D eigenvalue weighted by Gasteiger charge is -2.33. The highest BCUT2D eigenvalue weighted by molar-refractivity contribution is 8.00. The third-order valence-electron chi connectivity index (χ3n) is 9.03. The molecule has 3 atom stereocenters. The average Bonchev–Trinajstić information content (AvgIpc) is 3.44. The Balaban J connectivity index is 1.26. The minimum Gasteiger partial charge on any atom is -0.445 e. The van der Waals surface area contributed by atoms with E-state index in [2.05, 4.69) is 22.8 Å². The Bertz CT molecular complexity index is 1720. The van der Waals surface area contributed by atoms with Crippen LogP contribution in [0.3, 0.4) is 0 Å². The first-order valence-corrected chi connectivity index (χ1v) is 17.6. The second-order valence-electron chi connectivity index (χ2n) is 12.9. The molecule has 3 N–H and O–H groups in total. The molecule has 8 nitrogen and oxygen atoms in total. The van der Waals surface area contributed by atoms with Crippen LogP contribution in [0.15, 0.2) is 109 Å². The largest absolute Gasteiger partial charge is 0.445 e. The summed E-state index contributed by atoms with van der Waals surface area (Å²) in [4.78, 5) is 42.3. The van der Waals surface area contributed by atoms with Crippen LogP contribution in [0.4, 0.5) is 4.79 Å². The summed E-state index contributed by atoms with van der Waals surface area (Å²) in [5.41, 5.74) is 6.07. The third kappa shape index (κ3) is 9.52. The number of benzene rings is 4. The third-order valence-corrected chi connectivity index (χ3v) is 10.4. The summed E-state index contributed by atoms with van der Waals surface area (Å²) in [6.07, 6.45) is -0.529. The van der Waals surface area contributed by atoms with Crippen molar-refractivity contribution in [3.8, 4) is 0 Å². The summed E-state index contributed by atoms with van der Waals surface area (Å²) < 4.78 is 5.07. The molecule has 9 heteroatoms. The van der Waals surface area contributed by atoms with Crippen molar-refractivity contribution in [3.63, 3.8) is 0 Å². The lowest BCUT2D eigenvalue weighted by molar-refractivity contribution is -0.147. The number of hydrogen-bond donors (Lipinski definition) is 3. The molecule has 0 aliphatic carbocycles. The molecule has 4 aromatic rings. The summed E-state index contributed by atoms with van der Waals surface area (Å²) in [7, 11) is 0. The van der Waals surface area contributed by atoms with E-state index in [4.69, 9.17) is 4.74 Å². The smallest absolute Gasteiger partial charge is 0.407 e. The van der Waals surface area contributed by atoms with E-state index in [0.29, 0.717) is 6.54 Å². The lowest BCUT2D eigenvalue weighted by atomic mass is 9.97. The zero-order chi connectivity index (χ0) is 34.8. The van der Waals surface area contributed by atoms with Crippen molar-refractivity contribution >= 4 is 29.7 Å². The summed E-state index contributed by atoms with van der Waals surface area (Å²) in [5, 5.41) is 17.3. The van der Waals surface area contributed by atoms with Gasteiger partial charge < -0.3 is 25.4 Å². The van der Waals surface area contributed by atoms with E-state index >= 15 is 0 Å². The fourth-order valence-electron chi connectivity index (χ4n) is 6.15. The first kappa shape index (κ1) is 35.7. The van der Waals surface area contributed by atoms with Crippen LogP contribution in [-0.4, -0.2) is 56.7 Å². The minimum absolute atomic E-state index is 0.0407. The number of hydrogen-bond acceptors (Lipinski definition) is 6. The van der Waals surface area contributed by atoms with E-state index in [1.54, 1.807) is 0 Å². The molecule has 1 aliphatic rings. The molecule has 0 bridgehead atoms. The molecular formula is C40H45N3O5S. The molecular weight excluding hydrogens is 635 g/mol. The summed E-state index contributed by atoms with van der Waals surface area (Å²) >= 11 is 1.47. The van der Waals surface area contributed by atoms with Crippen molar-refractivity contribution < 1.29 is 24.2 Å². The zero-order valence-electron chi connectivity index (χ0n) is 28.3. The predicted molar refractivity (Wildman–Crippen MR) is 194 cm³/mol. The van der Waals surface area contributed by atoms with Crippen molar-refractivity contribution in [3.05, 3.63) is 143 Å². The molecule has 3 amide bonds. The number of alkyl carbamates (subject to hydrolysis) is 1. The lowest BCUT2D eigenvalue weighted by Crippen LogP contribution is -2.58. The van der Waals surface area contributed by atoms with Crippen molar-refractivity contribution in [1.29, 1.82) is 0 Å². The minimum atomic E-state index is -1.62. The van der Waals surface area contributed by atoms with Gasteiger partial charge in [-0.3, -0.25) is 9.59 Å². The van der Waals surface area contributed by atoms with Gasteiger partial charge in [-0.2, -0.15) is 0 Å². The van der Waals surface area contributed by atoms with Gasteiger partial charge in [-0.05, 0) is 73.4 Å². The molecule has 0 saturated carbocycles. The molecule has 0 spiro atoms. The zero-order valence-corrected chi connectivity index (χ0v) is 29.1. The fourth-order valence-corrected chi connectivity index (χ4v) is 7.29. The molecule has 1 aliphatic heterocycles. The number of nitrogens with zero attached hydrogens (tertiary/aromatic N) is 1. The van der Waals surface area contributed by atoms with Gasteiger partial charge in [0.2, 0.25) is 5.91 Å². The van der Waals surface area contributed by atoms with Crippen LogP contribution in [0.1, 0.15) is 47.2 Å². The number of aryl methyl sites for hydroxylation is 3. The second-order valence-corrected chi connectivity index (χ2v) is 14.5. The number of amides is 3. The van der Waals surface area contributed by atoms with Gasteiger partial charge in [-0.1, -0.05) is 109 Å². The normalized spacial score (nSPS) is 16.4. The highest BCUT2D eigenvalue weighted by atomic mass is 32.2. The molecule has 0 radical (unpaired) electrons. The molecule has 0 unspecified atom stereocenters. The van der Waals surface area contributed by atoms with Crippen molar-refractivity contribution in [2.24, 2.45) is 0 Å². The maximum absolute atomic E-state index is 14.0. The van der Waals surface area contributed by atoms with Gasteiger partial charge in [0.15, 0.2) is 6.10 Å². The molecule has 49 heavy (non-hydrogen) atoms. The van der Waals surface area contributed by atoms with E-state index in [9.17, 15) is 19.5 Å². The Labute approximate surface area is 293 Å². The van der Waals surface area contributed by atoms with E-state index in [-0.39, 0.29) is 24.8 Å². The van der Waals surface area contributed by atoms with Crippen molar-refractivity contribution in [1.82, 2.24) is 15.5 Å². The van der Waals surface area contributed by atoms with Gasteiger partial charge >= 0.3 is 6.09 Å². The Kier molecular flexibility index (Phi) is 12.2. The number of thioether (sulfide) groups is 1. The number of nitrogens with one attached hydrogen (secondary N) is 2. The average molecular weight is 680 g/mol. The maximum atomic E-state index is 14.0. The molecule has 5 rings (SSSR count). The van der Waals surface area contributed by atoms with Gasteiger partial charge in [0.05, 0.1) is 11.9 Å². The fraction of sp³-hybridized carbons (Fsp3) is 0.325. The Morgan fingerprint density at radius 3 is 2.10 bits per heavy atom. The van der Waals surface area contributed by atoms with Crippen LogP contribution in [0.25, 0.3) is 0 Å². The first-order chi connectivity index (χ1) is 23.6. The van der Waals surface area contributed by atoms with Gasteiger partial charge in [0.1, 0.15) is 12.6 Å². The highest BCUT2D eigenvalue weighted by Gasteiger charge is 2.49. The molecule has 0 aromatic heterocycles. The predicted octanol–water partition coefficient (Wildman–Crippen LogP) is 5.98. The van der Waals surface area contributed by atoms with Gasteiger partial charge in [0, 0.05) is 11.3 Å². The van der Waals surface area contributed by atoms with Crippen LogP contribution < -0.4 is 10.6 Å². The molecule has 4 aromatic carbocycles. The first-order valence-electron chi connectivity index (χ1n) is 16.6. The van der Waals surface area contributed by atoms with E-state index in [0.717, 1.165) is 40.7 Å². The number of aliphatic hydroxyl groups excluding tert-OH is 1. The van der Waals surface area contributed by atoms with Crippen LogP contribution in [0.2, 0.25) is 0 Å². The summed E-state index contributed by atoms with van der Waals surface area (Å²) in [5.74, 6) is -0.688. The number of rotatable bonds is 13. The van der Waals surface area contributed by atoms with E-state index < -0.39 is 34.9 Å². The van der Waals surface area contributed by atoms with Crippen molar-refractivity contribution in [2.75, 3.05) is 5.88 Å². The summed E-state index contributed by atoms with van der Waals surface area (Å²) in [6, 6.07) is 33.4. The maximum Gasteiger partial charge on any atom is 0.407 e. The van der Waals surface area contributed by atoms with Crippen molar-refractivity contribution in [2.45, 2.75) is 76.1 Å². The quantitative estimate of drug-likeness (QED) is 0.161. The number of carbonyl (C=O) groups is 3. The van der Waals surface area contributed by atoms with Gasteiger partial charge in [0.25, 0.3) is 5.91 Å². The van der Waals surface area contributed by atoms with Crippen LogP contribution in [0.5, 0.6) is 0 Å². The molecule has 1 saturated heterocycles. The highest BCUT2D eigenvalue weighted by Crippen LogP contribution is 2.40. The topological polar surface area (TPSA) is 108 Å². The standard InChI is InChI=1S/C40H45N3O5S/c1-28-14-10-11-20-32(28)25-41-37(45)36-40(2,3)49-27-43(36)38(46)35(44)34(24-30-17-8-5-9-18-30)42-39(47)48-26-33-21-13-12-19-31(33)23-22-29-15-6-4-7-16-29/h4-21,34-36,44H,22-27H2,1-3H3,(H,41,45)(H,42,47)/t34-,35-,36+/m0/s1. The van der Waals surface area contributed by atoms with Crippen LogP contribution in [-0.2, 0) is 46.7 Å². The van der Waals surface area contributed by atoms with E-state index in [1.807, 2.05) is 118 Å². The number of ether oxygens (including phenoxy) is 1. The Hall–Kier alpha value is -4.60. The summed E-state index contributed by atoms with van der Waals surface area (Å²) in [6.45, 7) is 6.19. The Morgan fingerprint density at radius 2 is 1.43 bits per heavy atom. The Morgan fingerprint density at radius 1 is 0.837 bits per heavy atom. The van der Waals surface area contributed by atoms with Crippen LogP contribution in [0, 0.1) is 6.92 Å². The SMILES string of the molecule is Cc1ccccc1CNC(=O)[C@H]1N(C(=O)[C@@H](O)[C@H](Cc2ccccc2)NC(=O)OCc2ccccc2CCc2ccccc2)CSC1(C)C. The molecule has 1 fully saturated rings. The number of carbonyl (C=O) groups excluding carboxylic acids is 3. The molecule has 256 valence electrons. The van der Waals surface area contributed by atoms with Crippen LogP contribution >= 0.6 is 11.8 Å². The monoisotopic (exact) mass is 679 g/mol. The number of aliphatic hydroxyl groups is 1. The second kappa shape index (κ2) is 16.7. The van der Waals surface area contributed by atoms with Gasteiger partial charge in [-0.15, -0.1) is 11.8 Å².